The lowest BCUT2D eigenvalue weighted by atomic mass is 10.0. The van der Waals surface area contributed by atoms with Crippen LogP contribution in [0, 0.1) is 6.92 Å². The number of rotatable bonds is 8. The first-order valence-corrected chi connectivity index (χ1v) is 11.7. The number of aryl methyl sites for hydroxylation is 1. The van der Waals surface area contributed by atoms with Crippen LogP contribution >= 0.6 is 0 Å². The minimum Gasteiger partial charge on any atom is -0.497 e. The van der Waals surface area contributed by atoms with Gasteiger partial charge in [0.25, 0.3) is 0 Å². The molecule has 9 heteroatoms. The lowest BCUT2D eigenvalue weighted by Gasteiger charge is -2.13. The Balaban J connectivity index is 1.63. The maximum atomic E-state index is 5.64. The van der Waals surface area contributed by atoms with Gasteiger partial charge < -0.3 is 19.3 Å². The molecule has 0 bridgehead atoms. The maximum absolute atomic E-state index is 5.64. The van der Waals surface area contributed by atoms with E-state index in [2.05, 4.69) is 34.3 Å². The van der Waals surface area contributed by atoms with Gasteiger partial charge in [-0.05, 0) is 51.1 Å². The van der Waals surface area contributed by atoms with Gasteiger partial charge in [0, 0.05) is 36.6 Å². The van der Waals surface area contributed by atoms with E-state index in [9.17, 15) is 0 Å². The summed E-state index contributed by atoms with van der Waals surface area (Å²) < 4.78 is 18.5. The van der Waals surface area contributed by atoms with Crippen LogP contribution in [0.1, 0.15) is 31.2 Å². The van der Waals surface area contributed by atoms with Crippen LogP contribution in [0.4, 0.5) is 5.82 Å². The number of methoxy groups -OCH3 is 2. The fourth-order valence-corrected chi connectivity index (χ4v) is 4.30. The van der Waals surface area contributed by atoms with Crippen molar-refractivity contribution in [1.29, 1.82) is 0 Å². The fourth-order valence-electron chi connectivity index (χ4n) is 4.30. The van der Waals surface area contributed by atoms with Crippen molar-refractivity contribution < 1.29 is 14.0 Å². The number of fused-ring (bicyclic) bond motifs is 1. The van der Waals surface area contributed by atoms with E-state index in [-0.39, 0.29) is 6.04 Å². The van der Waals surface area contributed by atoms with Crippen LogP contribution in [0.2, 0.25) is 0 Å². The topological polar surface area (TPSA) is 100 Å². The summed E-state index contributed by atoms with van der Waals surface area (Å²) in [5, 5.41) is 13.7. The second-order valence-corrected chi connectivity index (χ2v) is 8.65. The Hall–Kier alpha value is -4.40. The molecule has 0 fully saturated rings. The Labute approximate surface area is 209 Å². The summed E-state index contributed by atoms with van der Waals surface area (Å²) in [4.78, 5) is 9.21. The van der Waals surface area contributed by atoms with Crippen molar-refractivity contribution >= 4 is 16.7 Å². The van der Waals surface area contributed by atoms with E-state index < -0.39 is 0 Å². The molecule has 184 valence electrons. The zero-order chi connectivity index (χ0) is 25.2. The first-order valence-electron chi connectivity index (χ1n) is 11.7. The number of hydrogen-bond acceptors (Lipinski definition) is 8. The van der Waals surface area contributed by atoms with Crippen LogP contribution < -0.4 is 14.8 Å². The highest BCUT2D eigenvalue weighted by atomic mass is 16.5. The lowest BCUT2D eigenvalue weighted by molar-refractivity contribution is 0.391. The SMILES string of the molecule is COc1ccc(CNc2nccc3c2c(-c2noc(C)c2-c2ccccn2)nn3C(C)C)c(OC)c1. The second kappa shape index (κ2) is 9.69. The highest BCUT2D eigenvalue weighted by Crippen LogP contribution is 2.39. The molecule has 1 aromatic carbocycles. The summed E-state index contributed by atoms with van der Waals surface area (Å²) >= 11 is 0. The molecule has 9 nitrogen and oxygen atoms in total. The van der Waals surface area contributed by atoms with E-state index in [1.54, 1.807) is 26.6 Å². The average Bonchev–Trinajstić information content (AvgIpc) is 3.48. The summed E-state index contributed by atoms with van der Waals surface area (Å²) in [7, 11) is 3.28. The molecule has 5 rings (SSSR count). The van der Waals surface area contributed by atoms with Crippen LogP contribution in [-0.2, 0) is 6.54 Å². The van der Waals surface area contributed by atoms with Gasteiger partial charge in [-0.25, -0.2) is 4.98 Å². The summed E-state index contributed by atoms with van der Waals surface area (Å²) in [6.45, 7) is 6.57. The summed E-state index contributed by atoms with van der Waals surface area (Å²) in [5.41, 5.74) is 4.84. The molecular weight excluding hydrogens is 456 g/mol. The summed E-state index contributed by atoms with van der Waals surface area (Å²) in [6.07, 6.45) is 3.54. The molecule has 5 aromatic rings. The van der Waals surface area contributed by atoms with Crippen molar-refractivity contribution in [2.24, 2.45) is 0 Å². The van der Waals surface area contributed by atoms with Gasteiger partial charge in [-0.1, -0.05) is 11.2 Å². The molecule has 0 amide bonds. The smallest absolute Gasteiger partial charge is 0.144 e. The van der Waals surface area contributed by atoms with Gasteiger partial charge in [0.2, 0.25) is 0 Å². The van der Waals surface area contributed by atoms with E-state index in [0.29, 0.717) is 29.5 Å². The van der Waals surface area contributed by atoms with Gasteiger partial charge in [-0.3, -0.25) is 9.67 Å². The van der Waals surface area contributed by atoms with Crippen LogP contribution in [0.25, 0.3) is 33.5 Å². The zero-order valence-electron chi connectivity index (χ0n) is 20.9. The summed E-state index contributed by atoms with van der Waals surface area (Å²) in [6, 6.07) is 13.6. The minimum atomic E-state index is 0.129. The first-order chi connectivity index (χ1) is 17.5. The second-order valence-electron chi connectivity index (χ2n) is 8.65. The highest BCUT2D eigenvalue weighted by Gasteiger charge is 2.25. The monoisotopic (exact) mass is 484 g/mol. The van der Waals surface area contributed by atoms with Gasteiger partial charge in [-0.15, -0.1) is 0 Å². The Morgan fingerprint density at radius 1 is 1.00 bits per heavy atom. The third-order valence-corrected chi connectivity index (χ3v) is 6.06. The number of aromatic nitrogens is 5. The molecule has 0 aliphatic heterocycles. The molecule has 4 aromatic heterocycles. The average molecular weight is 485 g/mol. The summed E-state index contributed by atoms with van der Waals surface area (Å²) in [5.74, 6) is 2.84. The molecular formula is C27H28N6O3. The Kier molecular flexibility index (Phi) is 6.28. The number of ether oxygens (including phenoxy) is 2. The number of pyridine rings is 2. The van der Waals surface area contributed by atoms with Crippen molar-refractivity contribution in [2.45, 2.75) is 33.4 Å². The molecule has 1 N–H and O–H groups in total. The zero-order valence-corrected chi connectivity index (χ0v) is 20.9. The molecule has 0 saturated carbocycles. The quantitative estimate of drug-likeness (QED) is 0.301. The van der Waals surface area contributed by atoms with E-state index in [4.69, 9.17) is 19.1 Å². The Bertz CT molecular complexity index is 1510. The van der Waals surface area contributed by atoms with E-state index in [0.717, 1.165) is 39.2 Å². The molecule has 36 heavy (non-hydrogen) atoms. The Morgan fingerprint density at radius 2 is 1.86 bits per heavy atom. The third-order valence-electron chi connectivity index (χ3n) is 6.06. The van der Waals surface area contributed by atoms with Crippen molar-refractivity contribution in [2.75, 3.05) is 19.5 Å². The van der Waals surface area contributed by atoms with E-state index >= 15 is 0 Å². The molecule has 0 aliphatic carbocycles. The van der Waals surface area contributed by atoms with Gasteiger partial charge in [-0.2, -0.15) is 5.10 Å². The minimum absolute atomic E-state index is 0.129. The van der Waals surface area contributed by atoms with Crippen LogP contribution in [0.15, 0.2) is 59.4 Å². The van der Waals surface area contributed by atoms with Crippen molar-refractivity contribution in [3.8, 4) is 34.1 Å². The molecule has 0 aliphatic rings. The number of hydrogen-bond donors (Lipinski definition) is 1. The highest BCUT2D eigenvalue weighted by molar-refractivity contribution is 6.02. The molecule has 0 saturated heterocycles. The number of benzene rings is 1. The van der Waals surface area contributed by atoms with Crippen LogP contribution in [0.3, 0.4) is 0 Å². The predicted molar refractivity (Wildman–Crippen MR) is 138 cm³/mol. The first kappa shape index (κ1) is 23.3. The van der Waals surface area contributed by atoms with Gasteiger partial charge >= 0.3 is 0 Å². The van der Waals surface area contributed by atoms with Crippen LogP contribution in [0.5, 0.6) is 11.5 Å². The van der Waals surface area contributed by atoms with Crippen molar-refractivity contribution in [3.05, 3.63) is 66.2 Å². The van der Waals surface area contributed by atoms with Crippen molar-refractivity contribution in [1.82, 2.24) is 24.9 Å². The fraction of sp³-hybridized carbons (Fsp3) is 0.259. The Morgan fingerprint density at radius 3 is 2.58 bits per heavy atom. The molecule has 0 radical (unpaired) electrons. The molecule has 0 atom stereocenters. The largest absolute Gasteiger partial charge is 0.497 e. The molecule has 0 spiro atoms. The van der Waals surface area contributed by atoms with Gasteiger partial charge in [0.05, 0.1) is 36.4 Å². The maximum Gasteiger partial charge on any atom is 0.144 e. The van der Waals surface area contributed by atoms with Crippen LogP contribution in [-0.4, -0.2) is 39.1 Å². The third kappa shape index (κ3) is 4.13. The van der Waals surface area contributed by atoms with Gasteiger partial charge in [0.1, 0.15) is 34.5 Å². The number of nitrogens with zero attached hydrogens (tertiary/aromatic N) is 5. The number of anilines is 1. The number of nitrogens with one attached hydrogen (secondary N) is 1. The standard InChI is InChI=1S/C27H28N6O3/c1-16(2)33-21-11-13-29-27(30-15-18-9-10-19(34-4)14-22(18)35-5)24(21)25(31-33)26-23(17(3)36-32-26)20-8-6-7-12-28-20/h6-14,16H,15H2,1-5H3,(H,29,30). The van der Waals surface area contributed by atoms with E-state index in [1.807, 2.05) is 54.1 Å². The lowest BCUT2D eigenvalue weighted by Crippen LogP contribution is -2.05. The van der Waals surface area contributed by atoms with E-state index in [1.165, 1.54) is 0 Å². The molecule has 4 heterocycles. The van der Waals surface area contributed by atoms with Crippen molar-refractivity contribution in [3.63, 3.8) is 0 Å². The normalized spacial score (nSPS) is 11.3. The van der Waals surface area contributed by atoms with Gasteiger partial charge in [0.15, 0.2) is 0 Å². The predicted octanol–water partition coefficient (Wildman–Crippen LogP) is 5.67. The molecule has 0 unspecified atom stereocenters.